The number of aliphatic hydroxyl groups excluding tert-OH is 1. The predicted octanol–water partition coefficient (Wildman–Crippen LogP) is 2.24. The van der Waals surface area contributed by atoms with Crippen LogP contribution in [0.4, 0.5) is 0 Å². The Morgan fingerprint density at radius 1 is 1.41 bits per heavy atom. The van der Waals surface area contributed by atoms with Gasteiger partial charge >= 0.3 is 0 Å². The van der Waals surface area contributed by atoms with Crippen LogP contribution >= 0.6 is 11.6 Å². The van der Waals surface area contributed by atoms with Crippen LogP contribution in [0.15, 0.2) is 24.3 Å². The molecular formula is C12H13ClN2O2. The molecule has 4 nitrogen and oxygen atoms in total. The summed E-state index contributed by atoms with van der Waals surface area (Å²) in [4.78, 5) is 4.31. The lowest BCUT2D eigenvalue weighted by Gasteiger charge is -2.07. The molecule has 0 unspecified atom stereocenters. The van der Waals surface area contributed by atoms with Gasteiger partial charge in [0.25, 0.3) is 0 Å². The van der Waals surface area contributed by atoms with Crippen molar-refractivity contribution in [1.82, 2.24) is 9.55 Å². The van der Waals surface area contributed by atoms with Crippen molar-refractivity contribution in [2.75, 3.05) is 7.11 Å². The average Bonchev–Trinajstić information content (AvgIpc) is 2.66. The molecule has 0 bridgehead atoms. The molecule has 0 radical (unpaired) electrons. The number of rotatable bonds is 3. The van der Waals surface area contributed by atoms with Gasteiger partial charge in [0.05, 0.1) is 19.3 Å². The van der Waals surface area contributed by atoms with Gasteiger partial charge in [0.2, 0.25) is 0 Å². The van der Waals surface area contributed by atoms with E-state index in [1.165, 1.54) is 0 Å². The first-order valence-electron chi connectivity index (χ1n) is 5.14. The Morgan fingerprint density at radius 3 is 2.71 bits per heavy atom. The molecule has 1 aromatic heterocycles. The Bertz CT molecular complexity index is 537. The maximum Gasteiger partial charge on any atom is 0.145 e. The van der Waals surface area contributed by atoms with Gasteiger partial charge in [0.15, 0.2) is 0 Å². The van der Waals surface area contributed by atoms with Gasteiger partial charge in [-0.3, -0.25) is 0 Å². The highest BCUT2D eigenvalue weighted by molar-refractivity contribution is 6.30. The van der Waals surface area contributed by atoms with Crippen LogP contribution in [0.5, 0.6) is 5.75 Å². The molecule has 0 fully saturated rings. The van der Waals surface area contributed by atoms with Gasteiger partial charge in [-0.1, -0.05) is 23.7 Å². The average molecular weight is 253 g/mol. The van der Waals surface area contributed by atoms with Crippen molar-refractivity contribution >= 4 is 11.6 Å². The minimum absolute atomic E-state index is 0.179. The fourth-order valence-electron chi connectivity index (χ4n) is 1.71. The molecule has 0 aliphatic rings. The summed E-state index contributed by atoms with van der Waals surface area (Å²) >= 11 is 6.06. The fourth-order valence-corrected chi connectivity index (χ4v) is 1.89. The van der Waals surface area contributed by atoms with E-state index in [1.807, 2.05) is 24.3 Å². The van der Waals surface area contributed by atoms with Crippen molar-refractivity contribution < 1.29 is 9.84 Å². The number of imidazole rings is 1. The van der Waals surface area contributed by atoms with Crippen molar-refractivity contribution in [2.45, 2.75) is 6.61 Å². The molecule has 90 valence electrons. The van der Waals surface area contributed by atoms with Crippen molar-refractivity contribution in [3.63, 3.8) is 0 Å². The first-order chi connectivity index (χ1) is 8.19. The molecule has 1 aromatic carbocycles. The molecule has 1 heterocycles. The molecule has 17 heavy (non-hydrogen) atoms. The van der Waals surface area contributed by atoms with Crippen molar-refractivity contribution in [3.05, 3.63) is 35.1 Å². The molecule has 0 aliphatic carbocycles. The highest BCUT2D eigenvalue weighted by Crippen LogP contribution is 2.31. The maximum atomic E-state index is 9.14. The number of nitrogens with zero attached hydrogens (tertiary/aromatic N) is 2. The molecule has 0 saturated heterocycles. The number of para-hydroxylation sites is 1. The van der Waals surface area contributed by atoms with Gasteiger partial charge in [-0.2, -0.15) is 0 Å². The molecule has 0 amide bonds. The molecule has 0 saturated carbocycles. The van der Waals surface area contributed by atoms with Crippen LogP contribution in [0.1, 0.15) is 5.69 Å². The summed E-state index contributed by atoms with van der Waals surface area (Å²) in [5.74, 6) is 1.40. The van der Waals surface area contributed by atoms with Crippen LogP contribution in [0.25, 0.3) is 11.4 Å². The van der Waals surface area contributed by atoms with Crippen LogP contribution in [0.2, 0.25) is 5.15 Å². The van der Waals surface area contributed by atoms with Gasteiger partial charge in [0, 0.05) is 7.05 Å². The lowest BCUT2D eigenvalue weighted by Crippen LogP contribution is -1.95. The number of aromatic nitrogens is 2. The maximum absolute atomic E-state index is 9.14. The Kier molecular flexibility index (Phi) is 3.36. The largest absolute Gasteiger partial charge is 0.496 e. The molecule has 5 heteroatoms. The van der Waals surface area contributed by atoms with Crippen LogP contribution in [-0.4, -0.2) is 21.8 Å². The molecule has 2 aromatic rings. The summed E-state index contributed by atoms with van der Waals surface area (Å²) < 4.78 is 7.01. The standard InChI is InChI=1S/C12H13ClN2O2/c1-15-11(13)9(7-16)14-12(15)8-5-3-4-6-10(8)17-2/h3-6,16H,7H2,1-2H3. The second kappa shape index (κ2) is 4.77. The first-order valence-corrected chi connectivity index (χ1v) is 5.52. The third kappa shape index (κ3) is 2.01. The summed E-state index contributed by atoms with van der Waals surface area (Å²) in [5.41, 5.74) is 1.31. The molecule has 2 rings (SSSR count). The van der Waals surface area contributed by atoms with E-state index >= 15 is 0 Å². The number of benzene rings is 1. The molecule has 0 spiro atoms. The number of halogens is 1. The molecule has 0 atom stereocenters. The Labute approximate surface area is 104 Å². The third-order valence-corrected chi connectivity index (χ3v) is 3.06. The smallest absolute Gasteiger partial charge is 0.145 e. The van der Waals surface area contributed by atoms with Crippen LogP contribution in [0, 0.1) is 0 Å². The summed E-state index contributed by atoms with van der Waals surface area (Å²) in [7, 11) is 3.41. The van der Waals surface area contributed by atoms with Crippen molar-refractivity contribution in [3.8, 4) is 17.1 Å². The van der Waals surface area contributed by atoms with Crippen LogP contribution in [0.3, 0.4) is 0 Å². The molecule has 1 N–H and O–H groups in total. The number of ether oxygens (including phenoxy) is 1. The first kappa shape index (κ1) is 12.0. The second-order valence-corrected chi connectivity index (χ2v) is 3.95. The van der Waals surface area contributed by atoms with Crippen molar-refractivity contribution in [2.24, 2.45) is 7.05 Å². The monoisotopic (exact) mass is 252 g/mol. The molecular weight excluding hydrogens is 240 g/mol. The zero-order valence-corrected chi connectivity index (χ0v) is 10.4. The van der Waals surface area contributed by atoms with E-state index < -0.39 is 0 Å². The SMILES string of the molecule is COc1ccccc1-c1nc(CO)c(Cl)n1C. The van der Waals surface area contributed by atoms with E-state index in [2.05, 4.69) is 4.98 Å². The van der Waals surface area contributed by atoms with E-state index in [9.17, 15) is 0 Å². The quantitative estimate of drug-likeness (QED) is 0.911. The summed E-state index contributed by atoms with van der Waals surface area (Å²) in [6.07, 6.45) is 0. The zero-order chi connectivity index (χ0) is 12.4. The predicted molar refractivity (Wildman–Crippen MR) is 66.1 cm³/mol. The molecule has 0 aliphatic heterocycles. The third-order valence-electron chi connectivity index (χ3n) is 2.59. The number of hydrogen-bond acceptors (Lipinski definition) is 3. The number of aliphatic hydroxyl groups is 1. The lowest BCUT2D eigenvalue weighted by atomic mass is 10.2. The van der Waals surface area contributed by atoms with E-state index in [1.54, 1.807) is 18.7 Å². The second-order valence-electron chi connectivity index (χ2n) is 3.59. The van der Waals surface area contributed by atoms with Gasteiger partial charge in [-0.25, -0.2) is 4.98 Å². The Balaban J connectivity index is 2.60. The fraction of sp³-hybridized carbons (Fsp3) is 0.250. The lowest BCUT2D eigenvalue weighted by molar-refractivity contribution is 0.277. The highest BCUT2D eigenvalue weighted by atomic mass is 35.5. The summed E-state index contributed by atoms with van der Waals surface area (Å²) in [6.45, 7) is -0.179. The van der Waals surface area contributed by atoms with E-state index in [4.69, 9.17) is 21.4 Å². The highest BCUT2D eigenvalue weighted by Gasteiger charge is 2.16. The summed E-state index contributed by atoms with van der Waals surface area (Å²) in [6, 6.07) is 7.55. The van der Waals surface area contributed by atoms with E-state index in [0.717, 1.165) is 11.3 Å². The van der Waals surface area contributed by atoms with Gasteiger partial charge < -0.3 is 14.4 Å². The normalized spacial score (nSPS) is 10.6. The van der Waals surface area contributed by atoms with Gasteiger partial charge in [-0.15, -0.1) is 0 Å². The van der Waals surface area contributed by atoms with E-state index in [0.29, 0.717) is 16.7 Å². The number of hydrogen-bond donors (Lipinski definition) is 1. The zero-order valence-electron chi connectivity index (χ0n) is 9.64. The van der Waals surface area contributed by atoms with Crippen molar-refractivity contribution in [1.29, 1.82) is 0 Å². The van der Waals surface area contributed by atoms with Crippen LogP contribution < -0.4 is 4.74 Å². The summed E-state index contributed by atoms with van der Waals surface area (Å²) in [5, 5.41) is 9.58. The van der Waals surface area contributed by atoms with E-state index in [-0.39, 0.29) is 6.61 Å². The minimum Gasteiger partial charge on any atom is -0.496 e. The minimum atomic E-state index is -0.179. The van der Waals surface area contributed by atoms with Crippen LogP contribution in [-0.2, 0) is 13.7 Å². The van der Waals surface area contributed by atoms with Gasteiger partial charge in [-0.05, 0) is 12.1 Å². The Hall–Kier alpha value is -1.52. The topological polar surface area (TPSA) is 47.3 Å². The van der Waals surface area contributed by atoms with Gasteiger partial charge in [0.1, 0.15) is 22.4 Å². The number of methoxy groups -OCH3 is 1. The Morgan fingerprint density at radius 2 is 2.12 bits per heavy atom.